The van der Waals surface area contributed by atoms with Gasteiger partial charge < -0.3 is 14.6 Å². The summed E-state index contributed by atoms with van der Waals surface area (Å²) in [4.78, 5) is 29.0. The Morgan fingerprint density at radius 3 is 2.32 bits per heavy atom. The van der Waals surface area contributed by atoms with Crippen LogP contribution in [0.15, 0.2) is 85.5 Å². The molecule has 1 heterocycles. The third-order valence-corrected chi connectivity index (χ3v) is 5.81. The minimum absolute atomic E-state index is 0.317. The van der Waals surface area contributed by atoms with Gasteiger partial charge in [-0.2, -0.15) is 0 Å². The topological polar surface area (TPSA) is 73.2 Å². The summed E-state index contributed by atoms with van der Waals surface area (Å²) in [6, 6.07) is 16.4. The summed E-state index contributed by atoms with van der Waals surface area (Å²) in [5.74, 6) is -1.77. The molecule has 1 atom stereocenters. The number of ether oxygens (including phenoxy) is 1. The molecule has 1 aromatic heterocycles. The summed E-state index contributed by atoms with van der Waals surface area (Å²) in [5.41, 5.74) is 4.00. The van der Waals surface area contributed by atoms with E-state index in [4.69, 9.17) is 4.74 Å². The number of halogens is 2. The van der Waals surface area contributed by atoms with E-state index in [0.717, 1.165) is 16.7 Å². The minimum Gasteiger partial charge on any atom is -0.467 e. The number of methoxy groups -OCH3 is 1. The van der Waals surface area contributed by atoms with Crippen molar-refractivity contribution < 1.29 is 23.1 Å². The van der Waals surface area contributed by atoms with Crippen LogP contribution in [-0.4, -0.2) is 34.6 Å². The van der Waals surface area contributed by atoms with Gasteiger partial charge in [-0.3, -0.25) is 4.79 Å². The normalized spacial score (nSPS) is 12.2. The fourth-order valence-electron chi connectivity index (χ4n) is 3.89. The van der Waals surface area contributed by atoms with Crippen LogP contribution in [0.4, 0.5) is 8.78 Å². The number of carbonyl (C=O) groups is 2. The van der Waals surface area contributed by atoms with Crippen LogP contribution >= 0.6 is 0 Å². The highest BCUT2D eigenvalue weighted by Gasteiger charge is 2.20. The standard InChI is InChI=1S/C29H25F2N3O3/c1-19(29(36)37-2)33-28(35)26-12-3-20(16-27(26)22-6-10-25(31)11-7-22)15-23(17-34-14-13-32-18-34)21-4-8-24(30)9-5-21/h3-16,18-19H,17H2,1-2H3,(H,33,35). The highest BCUT2D eigenvalue weighted by atomic mass is 19.1. The number of esters is 1. The monoisotopic (exact) mass is 501 g/mol. The number of hydrogen-bond acceptors (Lipinski definition) is 4. The number of imidazole rings is 1. The number of hydrogen-bond donors (Lipinski definition) is 1. The molecule has 188 valence electrons. The lowest BCUT2D eigenvalue weighted by Gasteiger charge is -2.15. The Kier molecular flexibility index (Phi) is 7.88. The van der Waals surface area contributed by atoms with Gasteiger partial charge in [0.25, 0.3) is 5.91 Å². The molecule has 0 fully saturated rings. The van der Waals surface area contributed by atoms with Crippen LogP contribution in [0.1, 0.15) is 28.4 Å². The van der Waals surface area contributed by atoms with E-state index < -0.39 is 23.7 Å². The first kappa shape index (κ1) is 25.5. The average molecular weight is 502 g/mol. The lowest BCUT2D eigenvalue weighted by molar-refractivity contribution is -0.142. The maximum absolute atomic E-state index is 13.6. The number of aromatic nitrogens is 2. The molecule has 6 nitrogen and oxygen atoms in total. The first-order chi connectivity index (χ1) is 17.8. The molecule has 0 aliphatic rings. The molecular formula is C29H25F2N3O3. The quantitative estimate of drug-likeness (QED) is 0.261. The number of nitrogens with one attached hydrogen (secondary N) is 1. The zero-order valence-electron chi connectivity index (χ0n) is 20.3. The van der Waals surface area contributed by atoms with Crippen LogP contribution in [0.3, 0.4) is 0 Å². The van der Waals surface area contributed by atoms with Gasteiger partial charge in [0.05, 0.1) is 13.4 Å². The second kappa shape index (κ2) is 11.4. The second-order valence-corrected chi connectivity index (χ2v) is 8.44. The van der Waals surface area contributed by atoms with E-state index >= 15 is 0 Å². The van der Waals surface area contributed by atoms with Crippen molar-refractivity contribution in [3.8, 4) is 11.1 Å². The van der Waals surface area contributed by atoms with Gasteiger partial charge in [-0.1, -0.05) is 30.3 Å². The van der Waals surface area contributed by atoms with Gasteiger partial charge in [0.15, 0.2) is 0 Å². The van der Waals surface area contributed by atoms with E-state index in [-0.39, 0.29) is 5.82 Å². The van der Waals surface area contributed by atoms with Gasteiger partial charge >= 0.3 is 5.97 Å². The molecule has 0 aliphatic carbocycles. The molecule has 37 heavy (non-hydrogen) atoms. The first-order valence-corrected chi connectivity index (χ1v) is 11.5. The third-order valence-electron chi connectivity index (χ3n) is 5.81. The van der Waals surface area contributed by atoms with Crippen molar-refractivity contribution >= 4 is 23.5 Å². The number of carbonyl (C=O) groups excluding carboxylic acids is 2. The van der Waals surface area contributed by atoms with Crippen molar-refractivity contribution in [3.63, 3.8) is 0 Å². The van der Waals surface area contributed by atoms with Gasteiger partial charge in [0.1, 0.15) is 17.7 Å². The molecule has 1 N–H and O–H groups in total. The van der Waals surface area contributed by atoms with E-state index in [1.165, 1.54) is 38.3 Å². The molecule has 0 saturated carbocycles. The van der Waals surface area contributed by atoms with E-state index in [1.807, 2.05) is 22.9 Å². The van der Waals surface area contributed by atoms with Crippen LogP contribution in [-0.2, 0) is 16.1 Å². The maximum Gasteiger partial charge on any atom is 0.328 e. The molecule has 1 amide bonds. The molecule has 4 aromatic rings. The fourth-order valence-corrected chi connectivity index (χ4v) is 3.89. The van der Waals surface area contributed by atoms with E-state index in [0.29, 0.717) is 23.2 Å². The Bertz CT molecular complexity index is 1410. The Morgan fingerprint density at radius 1 is 1.03 bits per heavy atom. The SMILES string of the molecule is COC(=O)C(C)NC(=O)c1ccc(C=C(Cn2ccnc2)c2ccc(F)cc2)cc1-c1ccc(F)cc1. The number of rotatable bonds is 8. The minimum atomic E-state index is -0.849. The molecule has 0 radical (unpaired) electrons. The molecule has 1 unspecified atom stereocenters. The molecule has 0 spiro atoms. The first-order valence-electron chi connectivity index (χ1n) is 11.5. The van der Waals surface area contributed by atoms with Crippen molar-refractivity contribution in [2.75, 3.05) is 7.11 Å². The van der Waals surface area contributed by atoms with Crippen molar-refractivity contribution in [1.82, 2.24) is 14.9 Å². The third kappa shape index (κ3) is 6.35. The van der Waals surface area contributed by atoms with E-state index in [2.05, 4.69) is 10.3 Å². The molecular weight excluding hydrogens is 476 g/mol. The Hall–Kier alpha value is -4.59. The highest BCUT2D eigenvalue weighted by molar-refractivity contribution is 6.03. The molecule has 0 bridgehead atoms. The summed E-state index contributed by atoms with van der Waals surface area (Å²) in [6.45, 7) is 2.01. The molecule has 4 rings (SSSR count). The maximum atomic E-state index is 13.6. The highest BCUT2D eigenvalue weighted by Crippen LogP contribution is 2.28. The summed E-state index contributed by atoms with van der Waals surface area (Å²) >= 11 is 0. The van der Waals surface area contributed by atoms with Crippen LogP contribution in [0, 0.1) is 11.6 Å². The van der Waals surface area contributed by atoms with E-state index in [9.17, 15) is 18.4 Å². The molecule has 3 aromatic carbocycles. The van der Waals surface area contributed by atoms with Crippen LogP contribution in [0.2, 0.25) is 0 Å². The van der Waals surface area contributed by atoms with Crippen molar-refractivity contribution in [3.05, 3.63) is 114 Å². The number of benzene rings is 3. The predicted molar refractivity (Wildman–Crippen MR) is 137 cm³/mol. The van der Waals surface area contributed by atoms with Gasteiger partial charge in [-0.05, 0) is 77.2 Å². The molecule has 0 aliphatic heterocycles. The lowest BCUT2D eigenvalue weighted by Crippen LogP contribution is -2.39. The second-order valence-electron chi connectivity index (χ2n) is 8.44. The van der Waals surface area contributed by atoms with Crippen molar-refractivity contribution in [2.45, 2.75) is 19.5 Å². The van der Waals surface area contributed by atoms with Crippen LogP contribution in [0.25, 0.3) is 22.8 Å². The predicted octanol–water partition coefficient (Wildman–Crippen LogP) is 5.36. The largest absolute Gasteiger partial charge is 0.467 e. The smallest absolute Gasteiger partial charge is 0.328 e. The average Bonchev–Trinajstić information content (AvgIpc) is 3.42. The number of nitrogens with zero attached hydrogens (tertiary/aromatic N) is 2. The van der Waals surface area contributed by atoms with Crippen LogP contribution < -0.4 is 5.32 Å². The number of amides is 1. The number of allylic oxidation sites excluding steroid dienone is 1. The Balaban J connectivity index is 1.78. The Morgan fingerprint density at radius 2 is 1.70 bits per heavy atom. The van der Waals surface area contributed by atoms with Crippen molar-refractivity contribution in [1.29, 1.82) is 0 Å². The lowest BCUT2D eigenvalue weighted by atomic mass is 9.94. The van der Waals surface area contributed by atoms with Gasteiger partial charge in [-0.25, -0.2) is 18.6 Å². The summed E-state index contributed by atoms with van der Waals surface area (Å²) in [7, 11) is 1.25. The zero-order valence-corrected chi connectivity index (χ0v) is 20.3. The van der Waals surface area contributed by atoms with Crippen LogP contribution in [0.5, 0.6) is 0 Å². The van der Waals surface area contributed by atoms with Gasteiger partial charge in [-0.15, -0.1) is 0 Å². The van der Waals surface area contributed by atoms with E-state index in [1.54, 1.807) is 48.9 Å². The summed E-state index contributed by atoms with van der Waals surface area (Å²) in [6.07, 6.45) is 7.14. The zero-order chi connectivity index (χ0) is 26.4. The summed E-state index contributed by atoms with van der Waals surface area (Å²) < 4.78 is 33.8. The van der Waals surface area contributed by atoms with Gasteiger partial charge in [0, 0.05) is 24.5 Å². The Labute approximate surface area is 213 Å². The van der Waals surface area contributed by atoms with Crippen molar-refractivity contribution in [2.24, 2.45) is 0 Å². The fraction of sp³-hybridized carbons (Fsp3) is 0.138. The van der Waals surface area contributed by atoms with Gasteiger partial charge in [0.2, 0.25) is 0 Å². The molecule has 8 heteroatoms. The summed E-state index contributed by atoms with van der Waals surface area (Å²) in [5, 5.41) is 2.64. The molecule has 0 saturated heterocycles.